The summed E-state index contributed by atoms with van der Waals surface area (Å²) >= 11 is 0. The second kappa shape index (κ2) is 2.89. The van der Waals surface area contributed by atoms with Crippen molar-refractivity contribution in [3.63, 3.8) is 0 Å². The molecule has 0 spiro atoms. The Morgan fingerprint density at radius 1 is 1.60 bits per heavy atom. The van der Waals surface area contributed by atoms with E-state index in [1.165, 1.54) is 19.3 Å². The lowest BCUT2D eigenvalue weighted by atomic mass is 9.72. The summed E-state index contributed by atoms with van der Waals surface area (Å²) in [4.78, 5) is 0. The quantitative estimate of drug-likeness (QED) is 0.616. The number of rotatable bonds is 3. The van der Waals surface area contributed by atoms with Crippen LogP contribution >= 0.6 is 0 Å². The van der Waals surface area contributed by atoms with Gasteiger partial charge in [-0.1, -0.05) is 13.3 Å². The summed E-state index contributed by atoms with van der Waals surface area (Å²) < 4.78 is 0. The van der Waals surface area contributed by atoms with E-state index in [0.717, 1.165) is 6.42 Å². The first-order chi connectivity index (χ1) is 4.73. The van der Waals surface area contributed by atoms with Gasteiger partial charge in [0.25, 0.3) is 0 Å². The summed E-state index contributed by atoms with van der Waals surface area (Å²) in [7, 11) is 0. The molecule has 1 atom stereocenters. The Labute approximate surface area is 62.4 Å². The fourth-order valence-electron chi connectivity index (χ4n) is 1.55. The average molecular weight is 143 g/mol. The Balaban J connectivity index is 2.44. The van der Waals surface area contributed by atoms with Crippen LogP contribution in [0.2, 0.25) is 0 Å². The number of hydrogen-bond donors (Lipinski definition) is 2. The van der Waals surface area contributed by atoms with Crippen LogP contribution in [-0.2, 0) is 0 Å². The summed E-state index contributed by atoms with van der Waals surface area (Å²) in [5, 5.41) is 9.82. The lowest BCUT2D eigenvalue weighted by Crippen LogP contribution is -2.47. The zero-order valence-corrected chi connectivity index (χ0v) is 6.64. The molecule has 0 amide bonds. The van der Waals surface area contributed by atoms with Gasteiger partial charge in [0.05, 0.1) is 5.60 Å². The van der Waals surface area contributed by atoms with Gasteiger partial charge in [0.1, 0.15) is 0 Å². The SMILES string of the molecule is CCC(O)(CN)C1CCC1. The Bertz CT molecular complexity index is 106. The molecule has 0 saturated heterocycles. The molecule has 1 rings (SSSR count). The molecule has 1 aliphatic carbocycles. The maximum Gasteiger partial charge on any atom is 0.0794 e. The first kappa shape index (κ1) is 8.02. The molecule has 0 bridgehead atoms. The van der Waals surface area contributed by atoms with Crippen molar-refractivity contribution in [2.45, 2.75) is 38.2 Å². The Kier molecular flexibility index (Phi) is 2.32. The zero-order valence-electron chi connectivity index (χ0n) is 6.64. The van der Waals surface area contributed by atoms with Crippen LogP contribution in [0.5, 0.6) is 0 Å². The third-order valence-corrected chi connectivity index (χ3v) is 2.83. The van der Waals surface area contributed by atoms with Crippen LogP contribution in [0.4, 0.5) is 0 Å². The molecule has 2 heteroatoms. The van der Waals surface area contributed by atoms with E-state index in [0.29, 0.717) is 12.5 Å². The minimum Gasteiger partial charge on any atom is -0.388 e. The molecule has 0 heterocycles. The fourth-order valence-corrected chi connectivity index (χ4v) is 1.55. The summed E-state index contributed by atoms with van der Waals surface area (Å²) in [5.74, 6) is 0.488. The van der Waals surface area contributed by atoms with Crippen LogP contribution in [-0.4, -0.2) is 17.3 Å². The minimum absolute atomic E-state index is 0.425. The third-order valence-electron chi connectivity index (χ3n) is 2.83. The summed E-state index contributed by atoms with van der Waals surface area (Å²) in [6, 6.07) is 0. The van der Waals surface area contributed by atoms with E-state index in [1.807, 2.05) is 6.92 Å². The van der Waals surface area contributed by atoms with Crippen LogP contribution in [0.15, 0.2) is 0 Å². The van der Waals surface area contributed by atoms with Crippen LogP contribution in [0.1, 0.15) is 32.6 Å². The summed E-state index contributed by atoms with van der Waals surface area (Å²) in [6.07, 6.45) is 4.41. The molecule has 0 radical (unpaired) electrons. The molecule has 10 heavy (non-hydrogen) atoms. The molecular weight excluding hydrogens is 126 g/mol. The molecule has 1 fully saturated rings. The predicted molar refractivity (Wildman–Crippen MR) is 41.6 cm³/mol. The van der Waals surface area contributed by atoms with Gasteiger partial charge in [-0.25, -0.2) is 0 Å². The van der Waals surface area contributed by atoms with Crippen LogP contribution < -0.4 is 5.73 Å². The van der Waals surface area contributed by atoms with Crippen molar-refractivity contribution in [2.24, 2.45) is 11.7 Å². The van der Waals surface area contributed by atoms with Gasteiger partial charge in [0.15, 0.2) is 0 Å². The number of nitrogens with two attached hydrogens (primary N) is 1. The van der Waals surface area contributed by atoms with Gasteiger partial charge < -0.3 is 10.8 Å². The molecule has 0 aliphatic heterocycles. The van der Waals surface area contributed by atoms with E-state index in [-0.39, 0.29) is 0 Å². The first-order valence-corrected chi connectivity index (χ1v) is 4.15. The van der Waals surface area contributed by atoms with E-state index in [4.69, 9.17) is 5.73 Å². The van der Waals surface area contributed by atoms with Crippen LogP contribution in [0, 0.1) is 5.92 Å². The molecule has 3 N–H and O–H groups in total. The van der Waals surface area contributed by atoms with Crippen LogP contribution in [0.3, 0.4) is 0 Å². The smallest absolute Gasteiger partial charge is 0.0794 e. The lowest BCUT2D eigenvalue weighted by molar-refractivity contribution is -0.0454. The van der Waals surface area contributed by atoms with Crippen molar-refractivity contribution in [1.29, 1.82) is 0 Å². The van der Waals surface area contributed by atoms with E-state index in [1.54, 1.807) is 0 Å². The largest absolute Gasteiger partial charge is 0.388 e. The summed E-state index contributed by atoms with van der Waals surface area (Å²) in [5.41, 5.74) is 4.93. The molecule has 1 saturated carbocycles. The predicted octanol–water partition coefficient (Wildman–Crippen LogP) is 0.886. The molecule has 2 nitrogen and oxygen atoms in total. The second-order valence-corrected chi connectivity index (χ2v) is 3.29. The minimum atomic E-state index is -0.543. The van der Waals surface area contributed by atoms with Gasteiger partial charge in [0.2, 0.25) is 0 Å². The zero-order chi connectivity index (χ0) is 7.61. The van der Waals surface area contributed by atoms with E-state index in [2.05, 4.69) is 0 Å². The normalized spacial score (nSPS) is 25.5. The van der Waals surface area contributed by atoms with Gasteiger partial charge in [-0.2, -0.15) is 0 Å². The van der Waals surface area contributed by atoms with E-state index >= 15 is 0 Å². The highest BCUT2D eigenvalue weighted by Gasteiger charge is 2.37. The molecule has 0 aromatic heterocycles. The van der Waals surface area contributed by atoms with Gasteiger partial charge in [-0.15, -0.1) is 0 Å². The maximum atomic E-state index is 9.82. The highest BCUT2D eigenvalue weighted by atomic mass is 16.3. The van der Waals surface area contributed by atoms with Crippen molar-refractivity contribution in [3.05, 3.63) is 0 Å². The molecule has 60 valence electrons. The maximum absolute atomic E-state index is 9.82. The standard InChI is InChI=1S/C8H17NO/c1-2-8(10,6-9)7-4-3-5-7/h7,10H,2-6,9H2,1H3. The number of aliphatic hydroxyl groups is 1. The Morgan fingerprint density at radius 3 is 2.30 bits per heavy atom. The van der Waals surface area contributed by atoms with Crippen LogP contribution in [0.25, 0.3) is 0 Å². The van der Waals surface area contributed by atoms with E-state index in [9.17, 15) is 5.11 Å². The monoisotopic (exact) mass is 143 g/mol. The average Bonchev–Trinajstić information content (AvgIpc) is 1.84. The van der Waals surface area contributed by atoms with E-state index < -0.39 is 5.60 Å². The lowest BCUT2D eigenvalue weighted by Gasteiger charge is -2.40. The molecule has 0 aromatic rings. The van der Waals surface area contributed by atoms with Crippen molar-refractivity contribution in [2.75, 3.05) is 6.54 Å². The van der Waals surface area contributed by atoms with Gasteiger partial charge in [-0.05, 0) is 25.2 Å². The molecular formula is C8H17NO. The van der Waals surface area contributed by atoms with Crippen molar-refractivity contribution in [3.8, 4) is 0 Å². The second-order valence-electron chi connectivity index (χ2n) is 3.29. The first-order valence-electron chi connectivity index (χ1n) is 4.15. The van der Waals surface area contributed by atoms with Crippen molar-refractivity contribution >= 4 is 0 Å². The number of hydrogen-bond acceptors (Lipinski definition) is 2. The Morgan fingerprint density at radius 2 is 2.20 bits per heavy atom. The third kappa shape index (κ3) is 1.18. The summed E-state index contributed by atoms with van der Waals surface area (Å²) in [6.45, 7) is 2.43. The van der Waals surface area contributed by atoms with Gasteiger partial charge in [-0.3, -0.25) is 0 Å². The molecule has 1 unspecified atom stereocenters. The van der Waals surface area contributed by atoms with Crippen molar-refractivity contribution < 1.29 is 5.11 Å². The van der Waals surface area contributed by atoms with Gasteiger partial charge in [0, 0.05) is 6.54 Å². The fraction of sp³-hybridized carbons (Fsp3) is 1.00. The molecule has 0 aromatic carbocycles. The highest BCUT2D eigenvalue weighted by molar-refractivity contribution is 4.90. The topological polar surface area (TPSA) is 46.2 Å². The van der Waals surface area contributed by atoms with Gasteiger partial charge >= 0.3 is 0 Å². The molecule has 1 aliphatic rings. The Hall–Kier alpha value is -0.0800. The van der Waals surface area contributed by atoms with Crippen molar-refractivity contribution in [1.82, 2.24) is 0 Å². The highest BCUT2D eigenvalue weighted by Crippen LogP contribution is 2.37.